The van der Waals surface area contributed by atoms with Crippen LogP contribution in [0.25, 0.3) is 0 Å². The maximum absolute atomic E-state index is 4.27. The molecule has 0 aliphatic heterocycles. The van der Waals surface area contributed by atoms with E-state index in [1.807, 2.05) is 0 Å². The predicted octanol–water partition coefficient (Wildman–Crippen LogP) is 8.82. The van der Waals surface area contributed by atoms with Gasteiger partial charge in [-0.1, -0.05) is 107 Å². The van der Waals surface area contributed by atoms with Crippen molar-refractivity contribution in [3.05, 3.63) is 0 Å². The van der Waals surface area contributed by atoms with E-state index in [4.69, 9.17) is 0 Å². The number of alkyl halides is 1. The highest BCUT2D eigenvalue weighted by Crippen LogP contribution is 2.62. The van der Waals surface area contributed by atoms with E-state index in [-0.39, 0.29) is 0 Å². The summed E-state index contributed by atoms with van der Waals surface area (Å²) in [4.78, 5) is 0.864. The van der Waals surface area contributed by atoms with Gasteiger partial charge in [-0.2, -0.15) is 0 Å². The Bertz CT molecular complexity index is 545. The summed E-state index contributed by atoms with van der Waals surface area (Å²) in [6.07, 6.45) is 18.5. The molecular weight excluding hydrogens is 436 g/mol. The largest absolute Gasteiger partial charge is 0.0884 e. The lowest BCUT2D eigenvalue weighted by Gasteiger charge is -2.51. The fourth-order valence-electron chi connectivity index (χ4n) is 8.66. The average molecular weight is 484 g/mol. The minimum absolute atomic E-state index is 0.864. The average Bonchev–Trinajstić information content (AvgIpc) is 3.39. The summed E-state index contributed by atoms with van der Waals surface area (Å²) in [5.74, 6) is 5.31. The molecule has 0 saturated heterocycles. The van der Waals surface area contributed by atoms with Crippen molar-refractivity contribution in [3.63, 3.8) is 0 Å². The third kappa shape index (κ3) is 3.70. The number of unbranched alkanes of at least 4 members (excludes halogenated alkanes) is 1. The van der Waals surface area contributed by atoms with Crippen LogP contribution in [0.3, 0.4) is 0 Å². The Morgan fingerprint density at radius 2 is 1.57 bits per heavy atom. The third-order valence-electron chi connectivity index (χ3n) is 11.1. The molecule has 0 aromatic heterocycles. The van der Waals surface area contributed by atoms with Crippen molar-refractivity contribution in [3.8, 4) is 0 Å². The van der Waals surface area contributed by atoms with E-state index in [9.17, 15) is 0 Å². The van der Waals surface area contributed by atoms with Crippen LogP contribution in [0.15, 0.2) is 0 Å². The highest BCUT2D eigenvalue weighted by Gasteiger charge is 2.59. The summed E-state index contributed by atoms with van der Waals surface area (Å²) < 4.78 is 0. The molecule has 0 spiro atoms. The van der Waals surface area contributed by atoms with Crippen LogP contribution in [-0.2, 0) is 0 Å². The molecule has 0 bridgehead atoms. The van der Waals surface area contributed by atoms with Gasteiger partial charge < -0.3 is 0 Å². The van der Waals surface area contributed by atoms with Gasteiger partial charge in [-0.3, -0.25) is 0 Å². The van der Waals surface area contributed by atoms with Gasteiger partial charge in [0.2, 0.25) is 0 Å². The molecular formula is C25H47BrSi2. The molecule has 162 valence electrons. The van der Waals surface area contributed by atoms with E-state index in [0.717, 1.165) is 45.5 Å². The molecule has 4 aliphatic carbocycles. The van der Waals surface area contributed by atoms with Gasteiger partial charge >= 0.3 is 0 Å². The van der Waals surface area contributed by atoms with E-state index in [1.165, 1.54) is 32.1 Å². The molecule has 0 aromatic carbocycles. The minimum atomic E-state index is -1.19. The number of hydrogen-bond donors (Lipinski definition) is 0. The van der Waals surface area contributed by atoms with Crippen molar-refractivity contribution < 1.29 is 0 Å². The number of hydrogen-bond acceptors (Lipinski definition) is 0. The molecule has 8 atom stereocenters. The standard InChI is InChI=1S/C25H47BrSi2/c1-6-7-9-18-12-13-20(16-18)27(2,3)28(4,5)24-15-14-22-23(24)17-19-10-8-11-21(19)25(22)26/h18-25H,6-17H2,1-5H3. The third-order valence-corrected chi connectivity index (χ3v) is 33.2. The van der Waals surface area contributed by atoms with Crippen LogP contribution in [0.2, 0.25) is 37.3 Å². The normalized spacial score (nSPS) is 43.9. The number of rotatable bonds is 6. The SMILES string of the molecule is CCCCC1CCC([Si](C)(C)[Si](C)(C)C2CCC3C(Br)C4CCCC4CC32)C1. The van der Waals surface area contributed by atoms with Crippen LogP contribution in [0.1, 0.15) is 84.0 Å². The van der Waals surface area contributed by atoms with Gasteiger partial charge in [0.15, 0.2) is 0 Å². The van der Waals surface area contributed by atoms with E-state index in [2.05, 4.69) is 49.0 Å². The fraction of sp³-hybridized carbons (Fsp3) is 1.00. The van der Waals surface area contributed by atoms with Gasteiger partial charge in [0.1, 0.15) is 0 Å². The summed E-state index contributed by atoms with van der Waals surface area (Å²) >= 11 is 4.27. The zero-order valence-corrected chi connectivity index (χ0v) is 23.1. The molecule has 0 heterocycles. The van der Waals surface area contributed by atoms with Crippen LogP contribution in [0.4, 0.5) is 0 Å². The quantitative estimate of drug-likeness (QED) is 0.261. The molecule has 28 heavy (non-hydrogen) atoms. The summed E-state index contributed by atoms with van der Waals surface area (Å²) in [5.41, 5.74) is 2.30. The number of fused-ring (bicyclic) bond motifs is 2. The first-order chi connectivity index (χ1) is 13.3. The monoisotopic (exact) mass is 482 g/mol. The number of halogens is 1. The first-order valence-corrected chi connectivity index (χ1v) is 21.0. The van der Waals surface area contributed by atoms with E-state index >= 15 is 0 Å². The Morgan fingerprint density at radius 3 is 2.32 bits per heavy atom. The van der Waals surface area contributed by atoms with Crippen molar-refractivity contribution in [2.75, 3.05) is 0 Å². The van der Waals surface area contributed by atoms with Crippen LogP contribution in [0, 0.1) is 29.6 Å². The zero-order valence-electron chi connectivity index (χ0n) is 19.5. The Kier molecular flexibility index (Phi) is 6.68. The molecule has 0 amide bonds. The van der Waals surface area contributed by atoms with Crippen molar-refractivity contribution in [1.29, 1.82) is 0 Å². The van der Waals surface area contributed by atoms with Crippen LogP contribution < -0.4 is 0 Å². The maximum atomic E-state index is 4.27. The second kappa shape index (κ2) is 8.45. The molecule has 4 rings (SSSR count). The molecule has 4 aliphatic rings. The van der Waals surface area contributed by atoms with Crippen molar-refractivity contribution in [1.82, 2.24) is 0 Å². The lowest BCUT2D eigenvalue weighted by Crippen LogP contribution is -2.61. The molecule has 8 unspecified atom stereocenters. The highest BCUT2D eigenvalue weighted by atomic mass is 79.9. The second-order valence-electron chi connectivity index (χ2n) is 12.5. The smallest absolute Gasteiger partial charge is 0.0448 e. The summed E-state index contributed by atoms with van der Waals surface area (Å²) in [6, 6.07) is 0. The van der Waals surface area contributed by atoms with E-state index in [0.29, 0.717) is 0 Å². The van der Waals surface area contributed by atoms with E-state index < -0.39 is 15.2 Å². The van der Waals surface area contributed by atoms with Crippen LogP contribution in [0.5, 0.6) is 0 Å². The molecule has 0 N–H and O–H groups in total. The van der Waals surface area contributed by atoms with Gasteiger partial charge in [0.05, 0.1) is 0 Å². The van der Waals surface area contributed by atoms with Gasteiger partial charge in [-0.25, -0.2) is 0 Å². The minimum Gasteiger partial charge on any atom is -0.0884 e. The lowest BCUT2D eigenvalue weighted by molar-refractivity contribution is 0.168. The van der Waals surface area contributed by atoms with Crippen molar-refractivity contribution in [2.45, 2.75) is 126 Å². The summed E-state index contributed by atoms with van der Waals surface area (Å²) in [6.45, 7) is 13.9. The van der Waals surface area contributed by atoms with Crippen LogP contribution >= 0.6 is 15.9 Å². The van der Waals surface area contributed by atoms with Crippen molar-refractivity contribution >= 4 is 31.1 Å². The highest BCUT2D eigenvalue weighted by molar-refractivity contribution is 9.09. The molecule has 0 aromatic rings. The molecule has 3 heteroatoms. The second-order valence-corrected chi connectivity index (χ2v) is 29.7. The van der Waals surface area contributed by atoms with Crippen LogP contribution in [-0.4, -0.2) is 20.0 Å². The topological polar surface area (TPSA) is 0 Å². The Morgan fingerprint density at radius 1 is 0.786 bits per heavy atom. The molecule has 4 saturated carbocycles. The maximum Gasteiger partial charge on any atom is 0.0448 e. The molecule has 0 nitrogen and oxygen atoms in total. The van der Waals surface area contributed by atoms with Gasteiger partial charge in [-0.15, -0.1) is 0 Å². The lowest BCUT2D eigenvalue weighted by atomic mass is 9.71. The Hall–Kier alpha value is 0.914. The Balaban J connectivity index is 1.48. The van der Waals surface area contributed by atoms with Gasteiger partial charge in [0, 0.05) is 20.0 Å². The fourth-order valence-corrected chi connectivity index (χ4v) is 24.1. The predicted molar refractivity (Wildman–Crippen MR) is 134 cm³/mol. The van der Waals surface area contributed by atoms with E-state index in [1.54, 1.807) is 44.9 Å². The first-order valence-electron chi connectivity index (χ1n) is 12.9. The van der Waals surface area contributed by atoms with Gasteiger partial charge in [-0.05, 0) is 59.9 Å². The van der Waals surface area contributed by atoms with Gasteiger partial charge in [0.25, 0.3) is 0 Å². The molecule has 0 radical (unpaired) electrons. The van der Waals surface area contributed by atoms with Crippen molar-refractivity contribution in [2.24, 2.45) is 29.6 Å². The summed E-state index contributed by atoms with van der Waals surface area (Å²) in [7, 11) is -2.34. The first kappa shape index (κ1) is 22.1. The summed E-state index contributed by atoms with van der Waals surface area (Å²) in [5, 5.41) is 0. The Labute approximate surface area is 186 Å². The zero-order chi connectivity index (χ0) is 20.1. The molecule has 4 fully saturated rings.